The monoisotopic (exact) mass is 207 g/mol. The van der Waals surface area contributed by atoms with Gasteiger partial charge in [-0.25, -0.2) is 9.97 Å². The van der Waals surface area contributed by atoms with Crippen LogP contribution in [0.15, 0.2) is 12.4 Å². The minimum atomic E-state index is 0.602. The fraction of sp³-hybridized carbons (Fsp3) is 0.636. The third-order valence-electron chi connectivity index (χ3n) is 2.69. The van der Waals surface area contributed by atoms with Gasteiger partial charge in [0, 0.05) is 32.0 Å². The Labute approximate surface area is 89.9 Å². The van der Waals surface area contributed by atoms with E-state index in [2.05, 4.69) is 9.97 Å². The molecular formula is C11H17N3O. The van der Waals surface area contributed by atoms with E-state index < -0.39 is 0 Å². The zero-order valence-electron chi connectivity index (χ0n) is 8.85. The predicted molar refractivity (Wildman–Crippen MR) is 57.4 cm³/mol. The average Bonchev–Trinajstić information content (AvgIpc) is 2.74. The molecule has 0 spiro atoms. The summed E-state index contributed by atoms with van der Waals surface area (Å²) >= 11 is 0. The number of hydrogen-bond donors (Lipinski definition) is 1. The highest BCUT2D eigenvalue weighted by Gasteiger charge is 2.16. The molecule has 15 heavy (non-hydrogen) atoms. The SMILES string of the molecule is NCCc1cnc(CC2CCOC2)nc1. The Kier molecular flexibility index (Phi) is 3.64. The van der Waals surface area contributed by atoms with Gasteiger partial charge in [-0.2, -0.15) is 0 Å². The standard InChI is InChI=1S/C11H17N3O/c12-3-1-10-6-13-11(14-7-10)5-9-2-4-15-8-9/h6-7,9H,1-5,8,12H2. The van der Waals surface area contributed by atoms with Crippen LogP contribution < -0.4 is 5.73 Å². The van der Waals surface area contributed by atoms with Crippen LogP contribution in [0.1, 0.15) is 17.8 Å². The average molecular weight is 207 g/mol. The van der Waals surface area contributed by atoms with Gasteiger partial charge in [-0.05, 0) is 30.9 Å². The van der Waals surface area contributed by atoms with E-state index in [0.29, 0.717) is 12.5 Å². The first kappa shape index (κ1) is 10.5. The second-order valence-electron chi connectivity index (χ2n) is 3.98. The molecule has 82 valence electrons. The number of hydrogen-bond acceptors (Lipinski definition) is 4. The number of rotatable bonds is 4. The highest BCUT2D eigenvalue weighted by atomic mass is 16.5. The van der Waals surface area contributed by atoms with Crippen molar-refractivity contribution in [3.63, 3.8) is 0 Å². The predicted octanol–water partition coefficient (Wildman–Crippen LogP) is 0.557. The summed E-state index contributed by atoms with van der Waals surface area (Å²) in [6.45, 7) is 2.39. The first-order valence-electron chi connectivity index (χ1n) is 5.46. The van der Waals surface area contributed by atoms with Crippen molar-refractivity contribution in [2.24, 2.45) is 11.7 Å². The second kappa shape index (κ2) is 5.19. The van der Waals surface area contributed by atoms with E-state index in [1.807, 2.05) is 12.4 Å². The third-order valence-corrected chi connectivity index (χ3v) is 2.69. The highest BCUT2D eigenvalue weighted by molar-refractivity contribution is 5.06. The van der Waals surface area contributed by atoms with Gasteiger partial charge >= 0.3 is 0 Å². The van der Waals surface area contributed by atoms with Crippen LogP contribution in [0.2, 0.25) is 0 Å². The Bertz CT molecular complexity index is 293. The van der Waals surface area contributed by atoms with Gasteiger partial charge in [-0.1, -0.05) is 0 Å². The lowest BCUT2D eigenvalue weighted by molar-refractivity contribution is 0.185. The summed E-state index contributed by atoms with van der Waals surface area (Å²) in [4.78, 5) is 8.68. The van der Waals surface area contributed by atoms with Crippen molar-refractivity contribution in [1.82, 2.24) is 9.97 Å². The lowest BCUT2D eigenvalue weighted by atomic mass is 10.0. The number of ether oxygens (including phenoxy) is 1. The molecule has 1 unspecified atom stereocenters. The summed E-state index contributed by atoms with van der Waals surface area (Å²) in [5.74, 6) is 1.52. The van der Waals surface area contributed by atoms with Crippen molar-refractivity contribution >= 4 is 0 Å². The van der Waals surface area contributed by atoms with E-state index in [-0.39, 0.29) is 0 Å². The molecule has 1 aromatic rings. The molecule has 4 heteroatoms. The molecular weight excluding hydrogens is 190 g/mol. The van der Waals surface area contributed by atoms with Crippen LogP contribution in [-0.4, -0.2) is 29.7 Å². The second-order valence-corrected chi connectivity index (χ2v) is 3.98. The summed E-state index contributed by atoms with van der Waals surface area (Å²) in [5.41, 5.74) is 6.57. The van der Waals surface area contributed by atoms with E-state index in [4.69, 9.17) is 10.5 Å². The molecule has 1 fully saturated rings. The highest BCUT2D eigenvalue weighted by Crippen LogP contribution is 2.15. The molecule has 1 aliphatic rings. The molecule has 0 saturated carbocycles. The van der Waals surface area contributed by atoms with Crippen molar-refractivity contribution in [3.8, 4) is 0 Å². The van der Waals surface area contributed by atoms with E-state index >= 15 is 0 Å². The van der Waals surface area contributed by atoms with Gasteiger partial charge in [-0.15, -0.1) is 0 Å². The number of aromatic nitrogens is 2. The molecule has 0 aromatic carbocycles. The van der Waals surface area contributed by atoms with Crippen LogP contribution in [0.4, 0.5) is 0 Å². The van der Waals surface area contributed by atoms with Crippen LogP contribution in [0, 0.1) is 5.92 Å². The Morgan fingerprint density at radius 2 is 2.20 bits per heavy atom. The Morgan fingerprint density at radius 1 is 1.40 bits per heavy atom. The number of nitrogens with zero attached hydrogens (tertiary/aromatic N) is 2. The van der Waals surface area contributed by atoms with Gasteiger partial charge in [0.25, 0.3) is 0 Å². The maximum absolute atomic E-state index is 5.46. The van der Waals surface area contributed by atoms with Crippen molar-refractivity contribution in [1.29, 1.82) is 0 Å². The maximum atomic E-state index is 5.46. The zero-order valence-corrected chi connectivity index (χ0v) is 8.85. The summed E-state index contributed by atoms with van der Waals surface area (Å²) in [5, 5.41) is 0. The fourth-order valence-electron chi connectivity index (χ4n) is 1.79. The lowest BCUT2D eigenvalue weighted by Gasteiger charge is -2.06. The van der Waals surface area contributed by atoms with Crippen LogP contribution in [0.3, 0.4) is 0 Å². The van der Waals surface area contributed by atoms with E-state index in [1.54, 1.807) is 0 Å². The van der Waals surface area contributed by atoms with Crippen LogP contribution in [0.25, 0.3) is 0 Å². The van der Waals surface area contributed by atoms with Gasteiger partial charge < -0.3 is 10.5 Å². The molecule has 2 rings (SSSR count). The first-order valence-corrected chi connectivity index (χ1v) is 5.46. The van der Waals surface area contributed by atoms with Gasteiger partial charge in [-0.3, -0.25) is 0 Å². The molecule has 1 atom stereocenters. The van der Waals surface area contributed by atoms with Crippen molar-refractivity contribution in [2.75, 3.05) is 19.8 Å². The molecule has 0 aliphatic carbocycles. The summed E-state index contributed by atoms with van der Waals surface area (Å²) in [6, 6.07) is 0. The van der Waals surface area contributed by atoms with Gasteiger partial charge in [0.2, 0.25) is 0 Å². The van der Waals surface area contributed by atoms with Crippen LogP contribution in [0.5, 0.6) is 0 Å². The largest absolute Gasteiger partial charge is 0.381 e. The van der Waals surface area contributed by atoms with Crippen molar-refractivity contribution in [2.45, 2.75) is 19.3 Å². The number of nitrogens with two attached hydrogens (primary N) is 1. The molecule has 2 N–H and O–H groups in total. The molecule has 1 aliphatic heterocycles. The summed E-state index contributed by atoms with van der Waals surface area (Å²) in [6.07, 6.45) is 6.68. The zero-order chi connectivity index (χ0) is 10.5. The van der Waals surface area contributed by atoms with Crippen LogP contribution >= 0.6 is 0 Å². The quantitative estimate of drug-likeness (QED) is 0.783. The van der Waals surface area contributed by atoms with Crippen molar-refractivity contribution in [3.05, 3.63) is 23.8 Å². The molecule has 0 radical (unpaired) electrons. The van der Waals surface area contributed by atoms with Crippen molar-refractivity contribution < 1.29 is 4.74 Å². The smallest absolute Gasteiger partial charge is 0.128 e. The Hall–Kier alpha value is -1.00. The minimum Gasteiger partial charge on any atom is -0.381 e. The molecule has 4 nitrogen and oxygen atoms in total. The van der Waals surface area contributed by atoms with E-state index in [0.717, 1.165) is 43.9 Å². The van der Waals surface area contributed by atoms with Gasteiger partial charge in [0.15, 0.2) is 0 Å². The minimum absolute atomic E-state index is 0.602. The van der Waals surface area contributed by atoms with Gasteiger partial charge in [0.05, 0.1) is 0 Å². The normalized spacial score (nSPS) is 20.7. The lowest BCUT2D eigenvalue weighted by Crippen LogP contribution is -2.08. The third kappa shape index (κ3) is 2.97. The molecule has 0 bridgehead atoms. The van der Waals surface area contributed by atoms with E-state index in [1.165, 1.54) is 0 Å². The molecule has 1 aromatic heterocycles. The summed E-state index contributed by atoms with van der Waals surface area (Å²) in [7, 11) is 0. The topological polar surface area (TPSA) is 61.0 Å². The first-order chi connectivity index (χ1) is 7.38. The maximum Gasteiger partial charge on any atom is 0.128 e. The van der Waals surface area contributed by atoms with Crippen LogP contribution in [-0.2, 0) is 17.6 Å². The molecule has 1 saturated heterocycles. The van der Waals surface area contributed by atoms with E-state index in [9.17, 15) is 0 Å². The van der Waals surface area contributed by atoms with Gasteiger partial charge in [0.1, 0.15) is 5.82 Å². The molecule has 2 heterocycles. The fourth-order valence-corrected chi connectivity index (χ4v) is 1.79. The summed E-state index contributed by atoms with van der Waals surface area (Å²) < 4.78 is 5.32. The molecule has 0 amide bonds. The Balaban J connectivity index is 1.91. The Morgan fingerprint density at radius 3 is 2.80 bits per heavy atom.